The number of rotatable bonds is 4. The minimum absolute atomic E-state index is 0.116. The van der Waals surface area contributed by atoms with Crippen LogP contribution in [-0.2, 0) is 4.79 Å². The predicted molar refractivity (Wildman–Crippen MR) is 60.9 cm³/mol. The van der Waals surface area contributed by atoms with Gasteiger partial charge in [0.05, 0.1) is 12.1 Å². The Morgan fingerprint density at radius 2 is 2.31 bits per heavy atom. The molecule has 1 amide bonds. The average molecular weight is 218 g/mol. The van der Waals surface area contributed by atoms with Gasteiger partial charge >= 0.3 is 0 Å². The number of aryl methyl sites for hydroxylation is 1. The van der Waals surface area contributed by atoms with Gasteiger partial charge in [-0.15, -0.1) is 0 Å². The lowest BCUT2D eigenvalue weighted by atomic mass is 10.2. The molecule has 0 aromatic carbocycles. The number of nitriles is 1. The van der Waals surface area contributed by atoms with Crippen molar-refractivity contribution in [2.24, 2.45) is 0 Å². The summed E-state index contributed by atoms with van der Waals surface area (Å²) in [6.45, 7) is 4.40. The van der Waals surface area contributed by atoms with Gasteiger partial charge in [0, 0.05) is 12.2 Å². The maximum atomic E-state index is 11.2. The van der Waals surface area contributed by atoms with Gasteiger partial charge in [0.25, 0.3) is 0 Å². The van der Waals surface area contributed by atoms with E-state index in [0.717, 1.165) is 5.69 Å². The number of carbonyl (C=O) groups excluding carboxylic acids is 1. The zero-order chi connectivity index (χ0) is 12.0. The molecule has 0 fully saturated rings. The molecule has 16 heavy (non-hydrogen) atoms. The van der Waals surface area contributed by atoms with Crippen molar-refractivity contribution in [3.05, 3.63) is 23.4 Å². The van der Waals surface area contributed by atoms with Crippen LogP contribution in [0.15, 0.2) is 12.1 Å². The molecule has 0 radical (unpaired) electrons. The lowest BCUT2D eigenvalue weighted by Crippen LogP contribution is -2.29. The number of anilines is 1. The maximum Gasteiger partial charge on any atom is 0.239 e. The molecule has 2 N–H and O–H groups in total. The molecule has 0 saturated heterocycles. The fourth-order valence-corrected chi connectivity index (χ4v) is 1.21. The van der Waals surface area contributed by atoms with E-state index in [1.54, 1.807) is 12.1 Å². The number of pyridine rings is 1. The van der Waals surface area contributed by atoms with Gasteiger partial charge in [0.15, 0.2) is 0 Å². The van der Waals surface area contributed by atoms with Crippen LogP contribution in [0.5, 0.6) is 0 Å². The monoisotopic (exact) mass is 218 g/mol. The van der Waals surface area contributed by atoms with E-state index < -0.39 is 0 Å². The molecule has 1 aromatic rings. The molecule has 84 valence electrons. The number of nitrogens with one attached hydrogen (secondary N) is 2. The van der Waals surface area contributed by atoms with Gasteiger partial charge in [0.1, 0.15) is 11.9 Å². The second-order valence-electron chi connectivity index (χ2n) is 3.27. The highest BCUT2D eigenvalue weighted by atomic mass is 16.1. The van der Waals surface area contributed by atoms with Crippen LogP contribution in [0.4, 0.5) is 5.82 Å². The van der Waals surface area contributed by atoms with Crippen molar-refractivity contribution in [1.29, 1.82) is 5.26 Å². The molecule has 0 spiro atoms. The fourth-order valence-electron chi connectivity index (χ4n) is 1.21. The van der Waals surface area contributed by atoms with Gasteiger partial charge in [-0.3, -0.25) is 4.79 Å². The maximum absolute atomic E-state index is 11.2. The van der Waals surface area contributed by atoms with E-state index in [0.29, 0.717) is 17.9 Å². The van der Waals surface area contributed by atoms with Crippen molar-refractivity contribution in [3.8, 4) is 6.07 Å². The van der Waals surface area contributed by atoms with Crippen molar-refractivity contribution in [2.75, 3.05) is 18.4 Å². The van der Waals surface area contributed by atoms with Gasteiger partial charge in [-0.05, 0) is 26.0 Å². The number of nitrogens with zero attached hydrogens (tertiary/aromatic N) is 2. The summed E-state index contributed by atoms with van der Waals surface area (Å²) in [6.07, 6.45) is 0. The molecule has 0 saturated carbocycles. The van der Waals surface area contributed by atoms with Crippen LogP contribution in [0.2, 0.25) is 0 Å². The van der Waals surface area contributed by atoms with E-state index in [2.05, 4.69) is 15.6 Å². The third-order valence-corrected chi connectivity index (χ3v) is 1.95. The number of carbonyl (C=O) groups is 1. The van der Waals surface area contributed by atoms with Gasteiger partial charge in [0.2, 0.25) is 5.91 Å². The van der Waals surface area contributed by atoms with E-state index >= 15 is 0 Å². The van der Waals surface area contributed by atoms with Crippen LogP contribution in [0.1, 0.15) is 18.2 Å². The molecule has 0 aliphatic carbocycles. The molecular weight excluding hydrogens is 204 g/mol. The van der Waals surface area contributed by atoms with Crippen molar-refractivity contribution < 1.29 is 4.79 Å². The minimum atomic E-state index is -0.116. The molecule has 0 aliphatic rings. The molecular formula is C11H14N4O. The first-order chi connectivity index (χ1) is 7.67. The topological polar surface area (TPSA) is 77.8 Å². The highest BCUT2D eigenvalue weighted by Gasteiger charge is 2.05. The first-order valence-electron chi connectivity index (χ1n) is 5.05. The summed E-state index contributed by atoms with van der Waals surface area (Å²) >= 11 is 0. The first-order valence-corrected chi connectivity index (χ1v) is 5.05. The van der Waals surface area contributed by atoms with E-state index in [9.17, 15) is 4.79 Å². The summed E-state index contributed by atoms with van der Waals surface area (Å²) in [5.41, 5.74) is 1.24. The van der Waals surface area contributed by atoms with Gasteiger partial charge in [-0.2, -0.15) is 5.26 Å². The van der Waals surface area contributed by atoms with Crippen LogP contribution < -0.4 is 10.6 Å². The molecule has 0 bridgehead atoms. The van der Waals surface area contributed by atoms with Crippen LogP contribution in [0.3, 0.4) is 0 Å². The number of hydrogen-bond acceptors (Lipinski definition) is 4. The Balaban J connectivity index is 2.70. The summed E-state index contributed by atoms with van der Waals surface area (Å²) in [4.78, 5) is 15.4. The van der Waals surface area contributed by atoms with Crippen LogP contribution in [-0.4, -0.2) is 24.0 Å². The van der Waals surface area contributed by atoms with Crippen LogP contribution >= 0.6 is 0 Å². The Hall–Kier alpha value is -2.09. The third-order valence-electron chi connectivity index (χ3n) is 1.95. The number of hydrogen-bond donors (Lipinski definition) is 2. The van der Waals surface area contributed by atoms with Crippen LogP contribution in [0, 0.1) is 18.3 Å². The fraction of sp³-hybridized carbons (Fsp3) is 0.364. The lowest BCUT2D eigenvalue weighted by molar-refractivity contribution is -0.119. The van der Waals surface area contributed by atoms with E-state index in [-0.39, 0.29) is 12.5 Å². The smallest absolute Gasteiger partial charge is 0.239 e. The van der Waals surface area contributed by atoms with Gasteiger partial charge in [-0.1, -0.05) is 0 Å². The molecule has 1 heterocycles. The van der Waals surface area contributed by atoms with Crippen molar-refractivity contribution in [3.63, 3.8) is 0 Å². The Bertz CT molecular complexity index is 422. The average Bonchev–Trinajstić information content (AvgIpc) is 2.27. The second kappa shape index (κ2) is 5.71. The largest absolute Gasteiger partial charge is 0.360 e. The standard InChI is InChI=1S/C11H14N4O/c1-3-13-10(16)7-14-11-9(6-12)5-4-8(2)15-11/h4-5H,3,7H2,1-2H3,(H,13,16)(H,14,15). The lowest BCUT2D eigenvalue weighted by Gasteiger charge is -2.07. The normalized spacial score (nSPS) is 9.31. The van der Waals surface area contributed by atoms with Crippen molar-refractivity contribution in [2.45, 2.75) is 13.8 Å². The molecule has 1 aromatic heterocycles. The van der Waals surface area contributed by atoms with E-state index in [1.165, 1.54) is 0 Å². The summed E-state index contributed by atoms with van der Waals surface area (Å²) in [6, 6.07) is 5.46. The molecule has 1 rings (SSSR count). The molecule has 5 nitrogen and oxygen atoms in total. The summed E-state index contributed by atoms with van der Waals surface area (Å²) in [7, 11) is 0. The summed E-state index contributed by atoms with van der Waals surface area (Å²) in [5.74, 6) is 0.337. The Kier molecular flexibility index (Phi) is 4.28. The van der Waals surface area contributed by atoms with Gasteiger partial charge in [-0.25, -0.2) is 4.98 Å². The van der Waals surface area contributed by atoms with Gasteiger partial charge < -0.3 is 10.6 Å². The molecule has 5 heteroatoms. The highest BCUT2D eigenvalue weighted by molar-refractivity contribution is 5.80. The Morgan fingerprint density at radius 3 is 2.94 bits per heavy atom. The molecule has 0 aliphatic heterocycles. The second-order valence-corrected chi connectivity index (χ2v) is 3.27. The Labute approximate surface area is 94.5 Å². The SMILES string of the molecule is CCNC(=O)CNc1nc(C)ccc1C#N. The quantitative estimate of drug-likeness (QED) is 0.784. The zero-order valence-electron chi connectivity index (χ0n) is 9.37. The summed E-state index contributed by atoms with van der Waals surface area (Å²) < 4.78 is 0. The zero-order valence-corrected chi connectivity index (χ0v) is 9.37. The number of amides is 1. The number of aromatic nitrogens is 1. The molecule has 0 atom stereocenters. The summed E-state index contributed by atoms with van der Waals surface area (Å²) in [5, 5.41) is 14.3. The van der Waals surface area contributed by atoms with Crippen LogP contribution in [0.25, 0.3) is 0 Å². The molecule has 0 unspecified atom stereocenters. The van der Waals surface area contributed by atoms with E-state index in [1.807, 2.05) is 19.9 Å². The Morgan fingerprint density at radius 1 is 1.56 bits per heavy atom. The minimum Gasteiger partial charge on any atom is -0.360 e. The predicted octanol–water partition coefficient (Wildman–Crippen LogP) is 0.810. The van der Waals surface area contributed by atoms with E-state index in [4.69, 9.17) is 5.26 Å². The van der Waals surface area contributed by atoms with Crippen molar-refractivity contribution in [1.82, 2.24) is 10.3 Å². The third kappa shape index (κ3) is 3.24. The first kappa shape index (κ1) is 12.0. The number of likely N-dealkylation sites (N-methyl/N-ethyl adjacent to an activating group) is 1. The highest BCUT2D eigenvalue weighted by Crippen LogP contribution is 2.11. The van der Waals surface area contributed by atoms with Crippen molar-refractivity contribution >= 4 is 11.7 Å².